The first-order valence-electron chi connectivity index (χ1n) is 32.9. The fourth-order valence-corrected chi connectivity index (χ4v) is 9.53. The molecule has 0 heterocycles. The van der Waals surface area contributed by atoms with Crippen LogP contribution in [-0.4, -0.2) is 37.2 Å². The number of carbonyl (C=O) groups excluding carboxylic acids is 3. The van der Waals surface area contributed by atoms with Crippen LogP contribution in [0.15, 0.2) is 72.9 Å². The Morgan fingerprint density at radius 1 is 0.276 bits per heavy atom. The second-order valence-electron chi connectivity index (χ2n) is 22.0. The molecule has 0 spiro atoms. The molecule has 0 bridgehead atoms. The van der Waals surface area contributed by atoms with E-state index in [0.717, 1.165) is 89.9 Å². The van der Waals surface area contributed by atoms with Gasteiger partial charge in [-0.25, -0.2) is 0 Å². The van der Waals surface area contributed by atoms with Gasteiger partial charge in [0.2, 0.25) is 0 Å². The molecule has 6 nitrogen and oxygen atoms in total. The summed E-state index contributed by atoms with van der Waals surface area (Å²) in [5, 5.41) is 0. The average molecular weight is 1060 g/mol. The number of hydrogen-bond donors (Lipinski definition) is 0. The second-order valence-corrected chi connectivity index (χ2v) is 22.0. The molecule has 1 atom stereocenters. The van der Waals surface area contributed by atoms with Crippen LogP contribution in [0.4, 0.5) is 0 Å². The molecule has 1 unspecified atom stereocenters. The molecule has 0 rings (SSSR count). The van der Waals surface area contributed by atoms with Crippen LogP contribution in [0.25, 0.3) is 0 Å². The lowest BCUT2D eigenvalue weighted by Gasteiger charge is -2.18. The Bertz CT molecular complexity index is 1400. The van der Waals surface area contributed by atoms with Gasteiger partial charge in [0.15, 0.2) is 6.10 Å². The van der Waals surface area contributed by atoms with Gasteiger partial charge in [0, 0.05) is 19.3 Å². The monoisotopic (exact) mass is 1060 g/mol. The molecule has 0 amide bonds. The molecule has 6 heteroatoms. The third kappa shape index (κ3) is 61.7. The average Bonchev–Trinajstić information content (AvgIpc) is 3.42. The Morgan fingerprint density at radius 3 is 0.803 bits per heavy atom. The van der Waals surface area contributed by atoms with E-state index in [4.69, 9.17) is 14.2 Å². The van der Waals surface area contributed by atoms with Gasteiger partial charge in [0.1, 0.15) is 13.2 Å². The molecule has 0 saturated carbocycles. The zero-order valence-corrected chi connectivity index (χ0v) is 50.5. The van der Waals surface area contributed by atoms with Gasteiger partial charge in [-0.1, -0.05) is 299 Å². The van der Waals surface area contributed by atoms with Crippen molar-refractivity contribution in [2.24, 2.45) is 0 Å². The highest BCUT2D eigenvalue weighted by molar-refractivity contribution is 5.71. The summed E-state index contributed by atoms with van der Waals surface area (Å²) in [4.78, 5) is 38.3. The van der Waals surface area contributed by atoms with E-state index in [1.54, 1.807) is 0 Å². The minimum Gasteiger partial charge on any atom is -0.462 e. The van der Waals surface area contributed by atoms with Gasteiger partial charge in [0.05, 0.1) is 0 Å². The number of unbranched alkanes of at least 4 members (excludes halogenated alkanes) is 37. The topological polar surface area (TPSA) is 78.9 Å². The van der Waals surface area contributed by atoms with Crippen LogP contribution in [0.3, 0.4) is 0 Å². The van der Waals surface area contributed by atoms with Crippen LogP contribution in [0.2, 0.25) is 0 Å². The number of rotatable bonds is 60. The van der Waals surface area contributed by atoms with Gasteiger partial charge in [-0.15, -0.1) is 0 Å². The van der Waals surface area contributed by atoms with E-state index < -0.39 is 6.10 Å². The largest absolute Gasteiger partial charge is 0.462 e. The van der Waals surface area contributed by atoms with Crippen molar-refractivity contribution in [2.75, 3.05) is 13.2 Å². The molecule has 0 aromatic heterocycles. The van der Waals surface area contributed by atoms with E-state index in [1.165, 1.54) is 205 Å². The Labute approximate surface area is 472 Å². The number of esters is 3. The molecular weight excluding hydrogens is 937 g/mol. The SMILES string of the molecule is CC/C=C\C/C=C\C/C=C\C/C=C\CCCCCCCCCCCCCCC(=O)OCC(COC(=O)CCCCCCCCCCCC)OC(=O)CCCCCCCCCCCCC/C=C\C/C=C\CCCCCCC. The molecule has 0 aromatic rings. The molecule has 0 fully saturated rings. The fourth-order valence-electron chi connectivity index (χ4n) is 9.53. The van der Waals surface area contributed by atoms with Crippen molar-refractivity contribution in [3.05, 3.63) is 72.9 Å². The smallest absolute Gasteiger partial charge is 0.306 e. The number of allylic oxidation sites excluding steroid dienone is 12. The van der Waals surface area contributed by atoms with Gasteiger partial charge in [-0.05, 0) is 89.9 Å². The van der Waals surface area contributed by atoms with E-state index >= 15 is 0 Å². The first kappa shape index (κ1) is 72.8. The molecule has 440 valence electrons. The lowest BCUT2D eigenvalue weighted by molar-refractivity contribution is -0.167. The predicted octanol–water partition coefficient (Wildman–Crippen LogP) is 22.5. The fraction of sp³-hybridized carbons (Fsp3) is 0.786. The van der Waals surface area contributed by atoms with Crippen LogP contribution in [0, 0.1) is 0 Å². The van der Waals surface area contributed by atoms with Gasteiger partial charge in [-0.2, -0.15) is 0 Å². The molecule has 0 aliphatic rings. The van der Waals surface area contributed by atoms with Crippen molar-refractivity contribution in [1.82, 2.24) is 0 Å². The van der Waals surface area contributed by atoms with Crippen LogP contribution in [-0.2, 0) is 28.6 Å². The minimum absolute atomic E-state index is 0.0729. The maximum Gasteiger partial charge on any atom is 0.306 e. The highest BCUT2D eigenvalue weighted by Crippen LogP contribution is 2.17. The Balaban J connectivity index is 4.22. The molecule has 0 saturated heterocycles. The van der Waals surface area contributed by atoms with Crippen molar-refractivity contribution >= 4 is 17.9 Å². The van der Waals surface area contributed by atoms with Gasteiger partial charge in [0.25, 0.3) is 0 Å². The molecule has 0 N–H and O–H groups in total. The van der Waals surface area contributed by atoms with Gasteiger partial charge in [-0.3, -0.25) is 14.4 Å². The first-order valence-corrected chi connectivity index (χ1v) is 32.9. The maximum absolute atomic E-state index is 12.9. The van der Waals surface area contributed by atoms with Crippen LogP contribution >= 0.6 is 0 Å². The normalized spacial score (nSPS) is 12.5. The molecule has 0 aliphatic carbocycles. The van der Waals surface area contributed by atoms with E-state index in [2.05, 4.69) is 93.7 Å². The number of hydrogen-bond acceptors (Lipinski definition) is 6. The highest BCUT2D eigenvalue weighted by Gasteiger charge is 2.19. The lowest BCUT2D eigenvalue weighted by atomic mass is 10.0. The lowest BCUT2D eigenvalue weighted by Crippen LogP contribution is -2.30. The standard InChI is InChI=1S/C70H124O6/c1-4-7-10-13-16-19-22-24-26-28-30-32-34-35-37-38-40-42-44-46-48-51-54-57-60-63-69(72)75-66-67(65-74-68(71)62-59-56-53-50-21-18-15-12-9-6-3)76-70(73)64-61-58-55-52-49-47-45-43-41-39-36-33-31-29-27-25-23-20-17-14-11-8-5-2/h7,10,16,19,23-26,29-32,67H,4-6,8-9,11-15,17-18,20-22,27-28,33-66H2,1-3H3/b10-7-,19-16-,25-23-,26-24-,31-29-,32-30-. The summed E-state index contributed by atoms with van der Waals surface area (Å²) in [5.74, 6) is -0.862. The van der Waals surface area contributed by atoms with E-state index in [0.29, 0.717) is 19.3 Å². The van der Waals surface area contributed by atoms with Crippen LogP contribution < -0.4 is 0 Å². The van der Waals surface area contributed by atoms with Crippen molar-refractivity contribution in [3.8, 4) is 0 Å². The predicted molar refractivity (Wildman–Crippen MR) is 330 cm³/mol. The van der Waals surface area contributed by atoms with Crippen molar-refractivity contribution in [3.63, 3.8) is 0 Å². The van der Waals surface area contributed by atoms with Gasteiger partial charge < -0.3 is 14.2 Å². The first-order chi connectivity index (χ1) is 37.5. The quantitative estimate of drug-likeness (QED) is 0.0261. The second kappa shape index (κ2) is 64.4. The Morgan fingerprint density at radius 2 is 0.513 bits per heavy atom. The van der Waals surface area contributed by atoms with Crippen molar-refractivity contribution in [2.45, 2.75) is 341 Å². The van der Waals surface area contributed by atoms with Gasteiger partial charge >= 0.3 is 17.9 Å². The summed E-state index contributed by atoms with van der Waals surface area (Å²) < 4.78 is 16.9. The maximum atomic E-state index is 12.9. The summed E-state index contributed by atoms with van der Waals surface area (Å²) in [7, 11) is 0. The highest BCUT2D eigenvalue weighted by atomic mass is 16.6. The molecule has 76 heavy (non-hydrogen) atoms. The van der Waals surface area contributed by atoms with Crippen LogP contribution in [0.5, 0.6) is 0 Å². The zero-order chi connectivity index (χ0) is 55.0. The molecule has 0 radical (unpaired) electrons. The van der Waals surface area contributed by atoms with E-state index in [1.807, 2.05) is 0 Å². The summed E-state index contributed by atoms with van der Waals surface area (Å²) in [5.41, 5.74) is 0. The third-order valence-electron chi connectivity index (χ3n) is 14.4. The Hall–Kier alpha value is -3.15. The molecule has 0 aromatic carbocycles. The minimum atomic E-state index is -0.775. The summed E-state index contributed by atoms with van der Waals surface area (Å²) in [6, 6.07) is 0. The number of carbonyl (C=O) groups is 3. The Kier molecular flexibility index (Phi) is 61.7. The van der Waals surface area contributed by atoms with E-state index in [9.17, 15) is 14.4 Å². The summed E-state index contributed by atoms with van der Waals surface area (Å²) in [6.07, 6.45) is 83.5. The summed E-state index contributed by atoms with van der Waals surface area (Å²) in [6.45, 7) is 6.54. The zero-order valence-electron chi connectivity index (χ0n) is 50.5. The van der Waals surface area contributed by atoms with Crippen LogP contribution in [0.1, 0.15) is 335 Å². The number of ether oxygens (including phenoxy) is 3. The summed E-state index contributed by atoms with van der Waals surface area (Å²) >= 11 is 0. The van der Waals surface area contributed by atoms with Crippen molar-refractivity contribution in [1.29, 1.82) is 0 Å². The third-order valence-corrected chi connectivity index (χ3v) is 14.4. The molecule has 0 aliphatic heterocycles. The van der Waals surface area contributed by atoms with E-state index in [-0.39, 0.29) is 31.1 Å². The van der Waals surface area contributed by atoms with Crippen molar-refractivity contribution < 1.29 is 28.6 Å². The molecular formula is C70H124O6.